The average molecular weight is 450 g/mol. The highest BCUT2D eigenvalue weighted by Crippen LogP contribution is 2.51. The molecule has 1 aliphatic rings. The Kier molecular flexibility index (Phi) is 4.63. The van der Waals surface area contributed by atoms with Crippen LogP contribution in [-0.2, 0) is 6.42 Å². The van der Waals surface area contributed by atoms with Crippen LogP contribution >= 0.6 is 22.7 Å². The van der Waals surface area contributed by atoms with Crippen LogP contribution in [0.5, 0.6) is 0 Å². The summed E-state index contributed by atoms with van der Waals surface area (Å²) in [6.45, 7) is 6.66. The topological polar surface area (TPSA) is 12.9 Å². The first-order chi connectivity index (χ1) is 15.6. The summed E-state index contributed by atoms with van der Waals surface area (Å²) in [6, 6.07) is 22.5. The molecule has 156 valence electrons. The molecule has 3 aromatic heterocycles. The van der Waals surface area contributed by atoms with Gasteiger partial charge >= 0.3 is 0 Å². The number of hydrogen-bond donors (Lipinski definition) is 0. The van der Waals surface area contributed by atoms with Gasteiger partial charge in [-0.25, -0.2) is 0 Å². The van der Waals surface area contributed by atoms with Crippen molar-refractivity contribution in [2.75, 3.05) is 0 Å². The summed E-state index contributed by atoms with van der Waals surface area (Å²) in [4.78, 5) is 9.84. The Hall–Kier alpha value is -3.01. The number of fused-ring (bicyclic) bond motifs is 3. The molecule has 0 saturated heterocycles. The quantitative estimate of drug-likeness (QED) is 0.263. The van der Waals surface area contributed by atoms with Gasteiger partial charge in [0.2, 0.25) is 0 Å². The molecule has 6 rings (SSSR count). The number of aryl methyl sites for hydroxylation is 3. The standard InChI is InChI=1S/C29H23NS2/c1-17-11-18(2)27(19(3)12-17)26-16-24-14-23-15-25(31-28(23)29(24)32-26)22-6-4-5-21(13-22)20-7-9-30-10-8-20/h4-13,15-16H,14H2,1-3H3. The van der Waals surface area contributed by atoms with Gasteiger partial charge in [0, 0.05) is 38.3 Å². The highest BCUT2D eigenvalue weighted by molar-refractivity contribution is 7.25. The second kappa shape index (κ2) is 7.54. The Labute approximate surface area is 197 Å². The maximum atomic E-state index is 4.15. The first-order valence-electron chi connectivity index (χ1n) is 10.9. The lowest BCUT2D eigenvalue weighted by atomic mass is 9.98. The highest BCUT2D eigenvalue weighted by Gasteiger charge is 2.26. The molecule has 3 heteroatoms. The smallest absolute Gasteiger partial charge is 0.0487 e. The van der Waals surface area contributed by atoms with Crippen LogP contribution < -0.4 is 0 Å². The van der Waals surface area contributed by atoms with Crippen molar-refractivity contribution in [2.45, 2.75) is 27.2 Å². The number of benzene rings is 2. The monoisotopic (exact) mass is 449 g/mol. The third-order valence-corrected chi connectivity index (χ3v) is 8.87. The predicted octanol–water partition coefficient (Wildman–Crippen LogP) is 8.70. The van der Waals surface area contributed by atoms with E-state index in [1.807, 2.05) is 35.1 Å². The molecule has 32 heavy (non-hydrogen) atoms. The van der Waals surface area contributed by atoms with Crippen molar-refractivity contribution in [3.8, 4) is 41.8 Å². The number of thiophene rings is 2. The molecule has 1 nitrogen and oxygen atoms in total. The summed E-state index contributed by atoms with van der Waals surface area (Å²) in [6.07, 6.45) is 4.76. The Morgan fingerprint density at radius 1 is 0.656 bits per heavy atom. The summed E-state index contributed by atoms with van der Waals surface area (Å²) in [5.74, 6) is 0. The normalized spacial score (nSPS) is 12.1. The van der Waals surface area contributed by atoms with Crippen LogP contribution in [0.25, 0.3) is 41.8 Å². The Morgan fingerprint density at radius 2 is 1.28 bits per heavy atom. The Bertz CT molecular complexity index is 1450. The van der Waals surface area contributed by atoms with Crippen LogP contribution in [0.15, 0.2) is 73.1 Å². The van der Waals surface area contributed by atoms with E-state index in [0.717, 1.165) is 6.42 Å². The maximum absolute atomic E-state index is 4.15. The first-order valence-corrected chi connectivity index (χ1v) is 12.5. The molecule has 5 aromatic rings. The van der Waals surface area contributed by atoms with Crippen molar-refractivity contribution >= 4 is 22.7 Å². The van der Waals surface area contributed by atoms with Gasteiger partial charge in [-0.3, -0.25) is 4.98 Å². The second-order valence-corrected chi connectivity index (χ2v) is 10.8. The van der Waals surface area contributed by atoms with Crippen molar-refractivity contribution in [1.29, 1.82) is 0 Å². The maximum Gasteiger partial charge on any atom is 0.0487 e. The van der Waals surface area contributed by atoms with Gasteiger partial charge < -0.3 is 0 Å². The second-order valence-electron chi connectivity index (χ2n) is 8.70. The van der Waals surface area contributed by atoms with Gasteiger partial charge in [0.25, 0.3) is 0 Å². The third-order valence-electron chi connectivity index (χ3n) is 6.29. The van der Waals surface area contributed by atoms with Crippen molar-refractivity contribution < 1.29 is 0 Å². The summed E-state index contributed by atoms with van der Waals surface area (Å²) in [5.41, 5.74) is 12.2. The lowest BCUT2D eigenvalue weighted by molar-refractivity contribution is 1.28. The fraction of sp³-hybridized carbons (Fsp3) is 0.138. The lowest BCUT2D eigenvalue weighted by Crippen LogP contribution is -1.88. The average Bonchev–Trinajstić information content (AvgIpc) is 3.45. The van der Waals surface area contributed by atoms with Crippen LogP contribution in [0.1, 0.15) is 27.8 Å². The van der Waals surface area contributed by atoms with Gasteiger partial charge in [0.1, 0.15) is 0 Å². The van der Waals surface area contributed by atoms with Crippen molar-refractivity contribution in [3.63, 3.8) is 0 Å². The summed E-state index contributed by atoms with van der Waals surface area (Å²) < 4.78 is 0. The third kappa shape index (κ3) is 3.24. The largest absolute Gasteiger partial charge is 0.265 e. The number of aromatic nitrogens is 1. The summed E-state index contributed by atoms with van der Waals surface area (Å²) in [7, 11) is 0. The molecular weight excluding hydrogens is 426 g/mol. The van der Waals surface area contributed by atoms with Crippen LogP contribution in [0.2, 0.25) is 0 Å². The molecule has 0 fully saturated rings. The van der Waals surface area contributed by atoms with E-state index in [-0.39, 0.29) is 0 Å². The molecule has 3 heterocycles. The molecule has 0 amide bonds. The van der Waals surface area contributed by atoms with E-state index in [2.05, 4.69) is 86.4 Å². The highest BCUT2D eigenvalue weighted by atomic mass is 32.1. The molecule has 0 aliphatic heterocycles. The van der Waals surface area contributed by atoms with Gasteiger partial charge in [0.05, 0.1) is 0 Å². The van der Waals surface area contributed by atoms with E-state index in [1.165, 1.54) is 69.6 Å². The van der Waals surface area contributed by atoms with Crippen LogP contribution in [0, 0.1) is 20.8 Å². The predicted molar refractivity (Wildman–Crippen MR) is 139 cm³/mol. The zero-order chi connectivity index (χ0) is 21.8. The SMILES string of the molecule is Cc1cc(C)c(-c2cc3c(s2)-c2sc(-c4cccc(-c5ccncc5)c4)cc2C3)c(C)c1. The zero-order valence-electron chi connectivity index (χ0n) is 18.4. The molecule has 0 unspecified atom stereocenters. The Morgan fingerprint density at radius 3 is 2.00 bits per heavy atom. The van der Waals surface area contributed by atoms with Gasteiger partial charge in [-0.2, -0.15) is 0 Å². The zero-order valence-corrected chi connectivity index (χ0v) is 20.0. The van der Waals surface area contributed by atoms with Gasteiger partial charge in [-0.1, -0.05) is 35.9 Å². The number of hydrogen-bond acceptors (Lipinski definition) is 3. The number of rotatable bonds is 3. The molecule has 0 spiro atoms. The number of nitrogens with zero attached hydrogens (tertiary/aromatic N) is 1. The van der Waals surface area contributed by atoms with E-state index in [9.17, 15) is 0 Å². The van der Waals surface area contributed by atoms with E-state index in [4.69, 9.17) is 0 Å². The van der Waals surface area contributed by atoms with Crippen LogP contribution in [-0.4, -0.2) is 4.98 Å². The fourth-order valence-corrected chi connectivity index (χ4v) is 7.67. The summed E-state index contributed by atoms with van der Waals surface area (Å²) >= 11 is 3.90. The molecule has 2 aromatic carbocycles. The van der Waals surface area contributed by atoms with Crippen molar-refractivity contribution in [1.82, 2.24) is 4.98 Å². The molecule has 0 saturated carbocycles. The van der Waals surface area contributed by atoms with Crippen molar-refractivity contribution in [3.05, 3.63) is 101 Å². The van der Waals surface area contributed by atoms with Gasteiger partial charge in [-0.05, 0) is 95.6 Å². The minimum Gasteiger partial charge on any atom is -0.265 e. The first kappa shape index (κ1) is 19.7. The van der Waals surface area contributed by atoms with Crippen LogP contribution in [0.3, 0.4) is 0 Å². The number of pyridine rings is 1. The van der Waals surface area contributed by atoms with E-state index < -0.39 is 0 Å². The Balaban J connectivity index is 1.38. The van der Waals surface area contributed by atoms with Crippen LogP contribution in [0.4, 0.5) is 0 Å². The molecule has 0 N–H and O–H groups in total. The fourth-order valence-electron chi connectivity index (χ4n) is 4.94. The van der Waals surface area contributed by atoms with Gasteiger partial charge in [0.15, 0.2) is 0 Å². The van der Waals surface area contributed by atoms with E-state index in [0.29, 0.717) is 0 Å². The molecule has 0 atom stereocenters. The van der Waals surface area contributed by atoms with E-state index >= 15 is 0 Å². The molecular formula is C29H23NS2. The van der Waals surface area contributed by atoms with Gasteiger partial charge in [-0.15, -0.1) is 22.7 Å². The minimum absolute atomic E-state index is 1.05. The lowest BCUT2D eigenvalue weighted by Gasteiger charge is -2.09. The molecule has 0 bridgehead atoms. The summed E-state index contributed by atoms with van der Waals surface area (Å²) in [5, 5.41) is 0. The minimum atomic E-state index is 1.05. The molecule has 1 aliphatic carbocycles. The molecule has 0 radical (unpaired) electrons. The van der Waals surface area contributed by atoms with E-state index in [1.54, 1.807) is 0 Å². The van der Waals surface area contributed by atoms with Crippen molar-refractivity contribution in [2.24, 2.45) is 0 Å².